The number of hydrogen-bond acceptors (Lipinski definition) is 4. The van der Waals surface area contributed by atoms with Crippen molar-refractivity contribution in [2.24, 2.45) is 7.05 Å². The first-order chi connectivity index (χ1) is 12.2. The van der Waals surface area contributed by atoms with Gasteiger partial charge in [-0.05, 0) is 18.6 Å². The van der Waals surface area contributed by atoms with E-state index in [0.29, 0.717) is 11.4 Å². The van der Waals surface area contributed by atoms with Crippen molar-refractivity contribution in [1.29, 1.82) is 0 Å². The molecule has 0 atom stereocenters. The van der Waals surface area contributed by atoms with Gasteiger partial charge in [-0.25, -0.2) is 4.98 Å². The van der Waals surface area contributed by atoms with Crippen LogP contribution in [0.1, 0.15) is 22.6 Å². The first kappa shape index (κ1) is 15.4. The predicted octanol–water partition coefficient (Wildman–Crippen LogP) is 2.49. The van der Waals surface area contributed by atoms with Gasteiger partial charge in [0.05, 0.1) is 19.0 Å². The Balaban J connectivity index is 1.60. The molecule has 7 nitrogen and oxygen atoms in total. The van der Waals surface area contributed by atoms with Gasteiger partial charge in [-0.2, -0.15) is 0 Å². The predicted molar refractivity (Wildman–Crippen MR) is 93.7 cm³/mol. The van der Waals surface area contributed by atoms with Crippen molar-refractivity contribution in [3.63, 3.8) is 0 Å². The van der Waals surface area contributed by atoms with Crippen molar-refractivity contribution < 1.29 is 9.53 Å². The maximum atomic E-state index is 12.5. The number of hydrogen-bond donors (Lipinski definition) is 1. The Morgan fingerprint density at radius 2 is 2.24 bits per heavy atom. The van der Waals surface area contributed by atoms with Crippen molar-refractivity contribution >= 4 is 11.6 Å². The van der Waals surface area contributed by atoms with E-state index in [4.69, 9.17) is 4.74 Å². The summed E-state index contributed by atoms with van der Waals surface area (Å²) in [5.74, 6) is 1.19. The average Bonchev–Trinajstić information content (AvgIpc) is 3.29. The number of benzene rings is 1. The lowest BCUT2D eigenvalue weighted by Gasteiger charge is -2.09. The Bertz CT molecular complexity index is 941. The van der Waals surface area contributed by atoms with Crippen LogP contribution in [0, 0.1) is 0 Å². The summed E-state index contributed by atoms with van der Waals surface area (Å²) in [6, 6.07) is 7.79. The molecule has 7 heteroatoms. The number of methoxy groups -OCH3 is 1. The van der Waals surface area contributed by atoms with Crippen LogP contribution < -0.4 is 10.1 Å². The second kappa shape index (κ2) is 6.08. The summed E-state index contributed by atoms with van der Waals surface area (Å²) in [7, 11) is 3.25. The third kappa shape index (κ3) is 2.77. The Labute approximate surface area is 145 Å². The minimum absolute atomic E-state index is 0.249. The van der Waals surface area contributed by atoms with E-state index < -0.39 is 0 Å². The zero-order valence-corrected chi connectivity index (χ0v) is 14.2. The Hall–Kier alpha value is -3.09. The first-order valence-electron chi connectivity index (χ1n) is 8.19. The van der Waals surface area contributed by atoms with Gasteiger partial charge in [0.1, 0.15) is 11.4 Å². The highest BCUT2D eigenvalue weighted by Crippen LogP contribution is 2.27. The van der Waals surface area contributed by atoms with E-state index in [2.05, 4.69) is 20.0 Å². The first-order valence-corrected chi connectivity index (χ1v) is 8.19. The van der Waals surface area contributed by atoms with Crippen molar-refractivity contribution in [2.45, 2.75) is 19.4 Å². The fourth-order valence-electron chi connectivity index (χ4n) is 3.22. The molecule has 0 saturated carbocycles. The fraction of sp³-hybridized carbons (Fsp3) is 0.278. The van der Waals surface area contributed by atoms with Crippen molar-refractivity contribution in [3.05, 3.63) is 48.0 Å². The van der Waals surface area contributed by atoms with Crippen LogP contribution in [0.15, 0.2) is 36.7 Å². The number of aryl methyl sites for hydroxylation is 2. The van der Waals surface area contributed by atoms with Crippen molar-refractivity contribution in [2.75, 3.05) is 12.4 Å². The maximum absolute atomic E-state index is 12.5. The van der Waals surface area contributed by atoms with Gasteiger partial charge in [-0.1, -0.05) is 12.1 Å². The van der Waals surface area contributed by atoms with Crippen molar-refractivity contribution in [1.82, 2.24) is 19.3 Å². The largest absolute Gasteiger partial charge is 0.479 e. The number of nitrogens with zero attached hydrogens (tertiary/aromatic N) is 4. The third-order valence-electron chi connectivity index (χ3n) is 4.37. The van der Waals surface area contributed by atoms with Crippen LogP contribution in [0.25, 0.3) is 11.3 Å². The molecule has 1 aliphatic rings. The molecule has 0 spiro atoms. The quantitative estimate of drug-likeness (QED) is 0.794. The molecule has 25 heavy (non-hydrogen) atoms. The summed E-state index contributed by atoms with van der Waals surface area (Å²) in [5, 5.41) is 7.03. The Morgan fingerprint density at radius 3 is 3.08 bits per heavy atom. The average molecular weight is 337 g/mol. The highest BCUT2D eigenvalue weighted by atomic mass is 16.5. The highest BCUT2D eigenvalue weighted by Gasteiger charge is 2.18. The van der Waals surface area contributed by atoms with Gasteiger partial charge < -0.3 is 14.6 Å². The lowest BCUT2D eigenvalue weighted by molar-refractivity contribution is 0.102. The minimum atomic E-state index is -0.249. The molecule has 0 saturated heterocycles. The molecular weight excluding hydrogens is 318 g/mol. The molecule has 1 N–H and O–H groups in total. The van der Waals surface area contributed by atoms with Crippen LogP contribution in [0.3, 0.4) is 0 Å². The van der Waals surface area contributed by atoms with E-state index in [1.807, 2.05) is 30.5 Å². The molecule has 128 valence electrons. The van der Waals surface area contributed by atoms with Crippen LogP contribution >= 0.6 is 0 Å². The van der Waals surface area contributed by atoms with Gasteiger partial charge in [0.25, 0.3) is 5.91 Å². The molecule has 0 unspecified atom stereocenters. The molecule has 0 aliphatic carbocycles. The smallest absolute Gasteiger partial charge is 0.262 e. The molecular formula is C18H19N5O2. The van der Waals surface area contributed by atoms with Crippen LogP contribution in [-0.2, 0) is 20.0 Å². The van der Waals surface area contributed by atoms with Crippen LogP contribution in [-0.4, -0.2) is 32.3 Å². The van der Waals surface area contributed by atoms with E-state index in [1.165, 1.54) is 7.11 Å². The Kier molecular flexibility index (Phi) is 3.76. The number of carbonyl (C=O) groups is 1. The van der Waals surface area contributed by atoms with Gasteiger partial charge in [0.15, 0.2) is 0 Å². The SMILES string of the molecule is COc1nn(C)cc1C(=O)Nc1cccc(-c2cnc3n2CCC3)c1. The van der Waals surface area contributed by atoms with E-state index >= 15 is 0 Å². The summed E-state index contributed by atoms with van der Waals surface area (Å²) in [6.45, 7) is 0.994. The van der Waals surface area contributed by atoms with Gasteiger partial charge in [-0.3, -0.25) is 9.48 Å². The number of fused-ring (bicyclic) bond motifs is 1. The number of aromatic nitrogens is 4. The summed E-state index contributed by atoms with van der Waals surface area (Å²) in [6.07, 6.45) is 5.70. The van der Waals surface area contributed by atoms with Crippen LogP contribution in [0.2, 0.25) is 0 Å². The molecule has 0 fully saturated rings. The normalized spacial score (nSPS) is 12.9. The molecule has 0 radical (unpaired) electrons. The standard InChI is InChI=1S/C18H19N5O2/c1-22-11-14(18(21-22)25-2)17(24)20-13-6-3-5-12(9-13)15-10-19-16-7-4-8-23(15)16/h3,5-6,9-11H,4,7-8H2,1-2H3,(H,20,24). The van der Waals surface area contributed by atoms with Gasteiger partial charge in [0.2, 0.25) is 5.88 Å². The second-order valence-electron chi connectivity index (χ2n) is 6.08. The molecule has 1 amide bonds. The minimum Gasteiger partial charge on any atom is -0.479 e. The summed E-state index contributed by atoms with van der Waals surface area (Å²) >= 11 is 0. The van der Waals surface area contributed by atoms with Crippen molar-refractivity contribution in [3.8, 4) is 17.1 Å². The molecule has 0 bridgehead atoms. The van der Waals surface area contributed by atoms with E-state index in [1.54, 1.807) is 17.9 Å². The Morgan fingerprint density at radius 1 is 1.36 bits per heavy atom. The lowest BCUT2D eigenvalue weighted by Crippen LogP contribution is -2.12. The van der Waals surface area contributed by atoms with E-state index in [9.17, 15) is 4.79 Å². The van der Waals surface area contributed by atoms with Crippen LogP contribution in [0.5, 0.6) is 5.88 Å². The number of imidazole rings is 1. The molecule has 2 aromatic heterocycles. The number of nitrogens with one attached hydrogen (secondary N) is 1. The maximum Gasteiger partial charge on any atom is 0.262 e. The number of amides is 1. The molecule has 1 aliphatic heterocycles. The molecule has 4 rings (SSSR count). The second-order valence-corrected chi connectivity index (χ2v) is 6.08. The fourth-order valence-corrected chi connectivity index (χ4v) is 3.22. The summed E-state index contributed by atoms with van der Waals surface area (Å²) in [5.41, 5.74) is 3.25. The number of anilines is 1. The summed E-state index contributed by atoms with van der Waals surface area (Å²) in [4.78, 5) is 17.0. The zero-order valence-electron chi connectivity index (χ0n) is 14.2. The lowest BCUT2D eigenvalue weighted by atomic mass is 10.1. The topological polar surface area (TPSA) is 74.0 Å². The van der Waals surface area contributed by atoms with Crippen LogP contribution in [0.4, 0.5) is 5.69 Å². The third-order valence-corrected chi connectivity index (χ3v) is 4.37. The van der Waals surface area contributed by atoms with E-state index in [-0.39, 0.29) is 5.91 Å². The monoisotopic (exact) mass is 337 g/mol. The highest BCUT2D eigenvalue weighted by molar-refractivity contribution is 6.05. The van der Waals surface area contributed by atoms with Gasteiger partial charge >= 0.3 is 0 Å². The summed E-state index contributed by atoms with van der Waals surface area (Å²) < 4.78 is 8.95. The molecule has 1 aromatic carbocycles. The van der Waals surface area contributed by atoms with Gasteiger partial charge in [0, 0.05) is 37.5 Å². The number of rotatable bonds is 4. The molecule has 3 aromatic rings. The van der Waals surface area contributed by atoms with Gasteiger partial charge in [-0.15, -0.1) is 5.10 Å². The number of ether oxygens (including phenoxy) is 1. The zero-order chi connectivity index (χ0) is 17.4. The molecule has 3 heterocycles. The van der Waals surface area contributed by atoms with E-state index in [0.717, 1.165) is 42.2 Å². The number of carbonyl (C=O) groups excluding carboxylic acids is 1.